The number of para-hydroxylation sites is 1. The monoisotopic (exact) mass is 611 g/mol. The molecule has 11 heteroatoms. The molecule has 0 spiro atoms. The molecule has 1 aliphatic carbocycles. The number of urea groups is 1. The molecule has 3 aromatic carbocycles. The lowest BCUT2D eigenvalue weighted by atomic mass is 9.84. The molecular formula is C34H34FN5O5. The average molecular weight is 612 g/mol. The van der Waals surface area contributed by atoms with Crippen LogP contribution in [0, 0.1) is 17.7 Å². The third-order valence-corrected chi connectivity index (χ3v) is 8.72. The van der Waals surface area contributed by atoms with Gasteiger partial charge in [-0.15, -0.1) is 0 Å². The van der Waals surface area contributed by atoms with Gasteiger partial charge in [0.2, 0.25) is 12.1 Å². The molecular weight excluding hydrogens is 577 g/mol. The van der Waals surface area contributed by atoms with Gasteiger partial charge in [-0.3, -0.25) is 14.5 Å². The minimum atomic E-state index is -1.50. The molecule has 2 N–H and O–H groups in total. The Bertz CT molecular complexity index is 1650. The van der Waals surface area contributed by atoms with Crippen molar-refractivity contribution in [2.75, 3.05) is 37.0 Å². The number of nitrogens with zero attached hydrogens (tertiary/aromatic N) is 3. The summed E-state index contributed by atoms with van der Waals surface area (Å²) in [7, 11) is 1.25. The molecule has 3 heterocycles. The number of amides is 4. The highest BCUT2D eigenvalue weighted by Gasteiger charge is 2.37. The molecule has 45 heavy (non-hydrogen) atoms. The summed E-state index contributed by atoms with van der Waals surface area (Å²) in [5, 5.41) is 5.22. The summed E-state index contributed by atoms with van der Waals surface area (Å²) < 4.78 is 19.9. The second-order valence-electron chi connectivity index (χ2n) is 11.7. The largest absolute Gasteiger partial charge is 0.465 e. The van der Waals surface area contributed by atoms with Crippen molar-refractivity contribution in [1.29, 1.82) is 0 Å². The molecule has 3 fully saturated rings. The van der Waals surface area contributed by atoms with Crippen LogP contribution in [0.1, 0.15) is 47.2 Å². The smallest absolute Gasteiger partial charge is 0.337 e. The van der Waals surface area contributed by atoms with E-state index in [9.17, 15) is 19.2 Å². The highest BCUT2D eigenvalue weighted by atomic mass is 19.1. The van der Waals surface area contributed by atoms with Crippen molar-refractivity contribution < 1.29 is 28.3 Å². The minimum Gasteiger partial charge on any atom is -0.465 e. The maximum absolute atomic E-state index is 15.2. The standard InChI is InChI=1S/C34H34FN5O5/c1-45-33(43)23-7-6-8-24(17-23)36-34(44)38-31-32(42)40(20-29(41)39-18-21-13-14-22(19-39)16-15-21)28-12-5-3-10-26(28)30(37-31)25-9-2-4-11-27(25)35/h2-12,17,21-22,31H,13-16,18-20H2,1H3,(H2,36,38,44). The molecule has 1 atom stereocenters. The molecule has 2 saturated heterocycles. The first-order chi connectivity index (χ1) is 21.8. The lowest BCUT2D eigenvalue weighted by Crippen LogP contribution is -2.51. The first-order valence-electron chi connectivity index (χ1n) is 15.1. The predicted molar refractivity (Wildman–Crippen MR) is 167 cm³/mol. The molecule has 1 unspecified atom stereocenters. The summed E-state index contributed by atoms with van der Waals surface area (Å²) in [6.45, 7) is 1.06. The second kappa shape index (κ2) is 12.9. The van der Waals surface area contributed by atoms with Crippen LogP contribution in [0.2, 0.25) is 0 Å². The van der Waals surface area contributed by atoms with Crippen molar-refractivity contribution in [3.63, 3.8) is 0 Å². The van der Waals surface area contributed by atoms with Crippen LogP contribution in [0.4, 0.5) is 20.6 Å². The van der Waals surface area contributed by atoms with Gasteiger partial charge in [0.25, 0.3) is 5.91 Å². The molecule has 10 nitrogen and oxygen atoms in total. The summed E-state index contributed by atoms with van der Waals surface area (Å²) in [6.07, 6.45) is 2.91. The number of fused-ring (bicyclic) bond motifs is 5. The fraction of sp³-hybridized carbons (Fsp3) is 0.324. The highest BCUT2D eigenvalue weighted by Crippen LogP contribution is 2.34. The van der Waals surface area contributed by atoms with E-state index in [0.29, 0.717) is 36.2 Å². The molecule has 2 bridgehead atoms. The van der Waals surface area contributed by atoms with Crippen LogP contribution in [0.25, 0.3) is 0 Å². The Kier molecular flexibility index (Phi) is 8.59. The first kappa shape index (κ1) is 30.0. The maximum atomic E-state index is 15.2. The van der Waals surface area contributed by atoms with E-state index >= 15 is 4.39 Å². The molecule has 7 rings (SSSR count). The van der Waals surface area contributed by atoms with Crippen molar-refractivity contribution in [2.24, 2.45) is 16.8 Å². The number of esters is 1. The number of hydrogen-bond donors (Lipinski definition) is 2. The second-order valence-corrected chi connectivity index (χ2v) is 11.7. The molecule has 0 aromatic heterocycles. The Morgan fingerprint density at radius 1 is 0.911 bits per heavy atom. The third kappa shape index (κ3) is 6.43. The van der Waals surface area contributed by atoms with Gasteiger partial charge >= 0.3 is 12.0 Å². The van der Waals surface area contributed by atoms with E-state index in [0.717, 1.165) is 25.7 Å². The molecule has 3 aliphatic heterocycles. The number of benzene rings is 3. The number of hydrogen-bond acceptors (Lipinski definition) is 6. The minimum absolute atomic E-state index is 0.146. The number of anilines is 2. The third-order valence-electron chi connectivity index (χ3n) is 8.72. The Balaban J connectivity index is 1.33. The van der Waals surface area contributed by atoms with Crippen LogP contribution in [-0.4, -0.2) is 67.3 Å². The van der Waals surface area contributed by atoms with Crippen LogP contribution in [0.5, 0.6) is 0 Å². The number of carbonyl (C=O) groups excluding carboxylic acids is 4. The number of aliphatic imine (C=N–C) groups is 1. The van der Waals surface area contributed by atoms with Crippen LogP contribution in [0.3, 0.4) is 0 Å². The van der Waals surface area contributed by atoms with E-state index in [1.54, 1.807) is 54.6 Å². The van der Waals surface area contributed by atoms with Gasteiger partial charge in [0.15, 0.2) is 0 Å². The average Bonchev–Trinajstić information content (AvgIpc) is 3.44. The summed E-state index contributed by atoms with van der Waals surface area (Å²) in [4.78, 5) is 61.0. The van der Waals surface area contributed by atoms with Crippen molar-refractivity contribution >= 4 is 40.9 Å². The van der Waals surface area contributed by atoms with E-state index < -0.39 is 29.9 Å². The van der Waals surface area contributed by atoms with E-state index in [2.05, 4.69) is 15.6 Å². The van der Waals surface area contributed by atoms with Gasteiger partial charge in [-0.1, -0.05) is 36.4 Å². The highest BCUT2D eigenvalue weighted by molar-refractivity contribution is 6.21. The van der Waals surface area contributed by atoms with Crippen LogP contribution < -0.4 is 15.5 Å². The van der Waals surface area contributed by atoms with Gasteiger partial charge in [-0.25, -0.2) is 19.0 Å². The number of rotatable bonds is 6. The Labute approximate surface area is 260 Å². The fourth-order valence-corrected chi connectivity index (χ4v) is 6.42. The van der Waals surface area contributed by atoms with E-state index in [-0.39, 0.29) is 35.0 Å². The lowest BCUT2D eigenvalue weighted by molar-refractivity contribution is -0.132. The molecule has 1 saturated carbocycles. The first-order valence-corrected chi connectivity index (χ1v) is 15.1. The van der Waals surface area contributed by atoms with Gasteiger partial charge in [0.1, 0.15) is 12.4 Å². The molecule has 4 aliphatic rings. The zero-order chi connectivity index (χ0) is 31.5. The van der Waals surface area contributed by atoms with Crippen molar-refractivity contribution in [3.8, 4) is 0 Å². The number of ether oxygens (including phenoxy) is 1. The SMILES string of the molecule is COC(=O)c1cccc(NC(=O)NC2N=C(c3ccccc3F)c3ccccc3N(CC(=O)N3CC4CCC(CC4)C3)C2=O)c1. The Morgan fingerprint density at radius 2 is 1.58 bits per heavy atom. The van der Waals surface area contributed by atoms with Gasteiger partial charge in [-0.05, 0) is 73.9 Å². The molecule has 4 amide bonds. The quantitative estimate of drug-likeness (QED) is 0.395. The van der Waals surface area contributed by atoms with Crippen molar-refractivity contribution in [2.45, 2.75) is 31.8 Å². The number of carbonyl (C=O) groups is 4. The predicted octanol–water partition coefficient (Wildman–Crippen LogP) is 4.59. The summed E-state index contributed by atoms with van der Waals surface area (Å²) in [5.41, 5.74) is 1.66. The molecule has 0 radical (unpaired) electrons. The molecule has 3 aromatic rings. The van der Waals surface area contributed by atoms with E-state index in [4.69, 9.17) is 4.74 Å². The normalized spacial score (nSPS) is 20.8. The molecule has 232 valence electrons. The Morgan fingerprint density at radius 3 is 2.27 bits per heavy atom. The van der Waals surface area contributed by atoms with Crippen LogP contribution in [-0.2, 0) is 14.3 Å². The topological polar surface area (TPSA) is 120 Å². The Hall–Kier alpha value is -5.06. The van der Waals surface area contributed by atoms with Crippen LogP contribution in [0.15, 0.2) is 77.8 Å². The zero-order valence-electron chi connectivity index (χ0n) is 24.9. The maximum Gasteiger partial charge on any atom is 0.337 e. The van der Waals surface area contributed by atoms with Crippen molar-refractivity contribution in [3.05, 3.63) is 95.3 Å². The van der Waals surface area contributed by atoms with Crippen LogP contribution >= 0.6 is 0 Å². The lowest BCUT2D eigenvalue weighted by Gasteiger charge is -2.29. The zero-order valence-corrected chi connectivity index (χ0v) is 24.9. The number of benzodiazepines with no additional fused rings is 1. The van der Waals surface area contributed by atoms with Gasteiger partial charge < -0.3 is 20.3 Å². The van der Waals surface area contributed by atoms with Gasteiger partial charge in [0.05, 0.1) is 24.1 Å². The summed E-state index contributed by atoms with van der Waals surface area (Å²) in [6, 6.07) is 18.3. The van der Waals surface area contributed by atoms with Crippen molar-refractivity contribution in [1.82, 2.24) is 10.2 Å². The van der Waals surface area contributed by atoms with E-state index in [1.165, 1.54) is 30.2 Å². The van der Waals surface area contributed by atoms with Gasteiger partial charge in [0, 0.05) is 29.9 Å². The number of nitrogens with one attached hydrogen (secondary N) is 2. The van der Waals surface area contributed by atoms with Gasteiger partial charge in [-0.2, -0.15) is 0 Å². The number of methoxy groups -OCH3 is 1. The summed E-state index contributed by atoms with van der Waals surface area (Å²) in [5.74, 6) is -1.05. The fourth-order valence-electron chi connectivity index (χ4n) is 6.42. The summed E-state index contributed by atoms with van der Waals surface area (Å²) >= 11 is 0. The van der Waals surface area contributed by atoms with E-state index in [1.807, 2.05) is 4.90 Å². The number of halogens is 1.